The summed E-state index contributed by atoms with van der Waals surface area (Å²) in [4.78, 5) is 26.3. The molecular weight excluding hydrogens is 200 g/mol. The predicted molar refractivity (Wildman–Crippen MR) is 52.8 cm³/mol. The highest BCUT2D eigenvalue weighted by atomic mass is 16.2. The first-order chi connectivity index (χ1) is 6.99. The summed E-state index contributed by atoms with van der Waals surface area (Å²) in [6.07, 6.45) is 1.14. The van der Waals surface area contributed by atoms with Crippen LogP contribution in [0.2, 0.25) is 0 Å². The zero-order valence-electron chi connectivity index (χ0n) is 8.39. The minimum atomic E-state index is -0.574. The SMILES string of the molecule is CNC(=O)c1ncn(C(=O)N(C)N)c1N. The molecule has 15 heavy (non-hydrogen) atoms. The molecule has 5 N–H and O–H groups in total. The van der Waals surface area contributed by atoms with Crippen molar-refractivity contribution in [2.45, 2.75) is 0 Å². The maximum atomic E-state index is 11.4. The molecule has 0 fully saturated rings. The average molecular weight is 212 g/mol. The zero-order valence-corrected chi connectivity index (χ0v) is 8.39. The van der Waals surface area contributed by atoms with Crippen LogP contribution in [0.25, 0.3) is 0 Å². The number of nitrogens with zero attached hydrogens (tertiary/aromatic N) is 3. The Bertz CT molecular complexity index is 396. The van der Waals surface area contributed by atoms with Gasteiger partial charge in [-0.2, -0.15) is 0 Å². The number of nitrogens with one attached hydrogen (secondary N) is 1. The molecule has 0 unspecified atom stereocenters. The van der Waals surface area contributed by atoms with Gasteiger partial charge in [0.2, 0.25) is 0 Å². The largest absolute Gasteiger partial charge is 0.383 e. The molecule has 8 heteroatoms. The maximum Gasteiger partial charge on any atom is 0.344 e. The second kappa shape index (κ2) is 3.96. The quantitative estimate of drug-likeness (QED) is 0.300. The van der Waals surface area contributed by atoms with Crippen LogP contribution in [0, 0.1) is 0 Å². The molecule has 0 bridgehead atoms. The van der Waals surface area contributed by atoms with Gasteiger partial charge in [0.05, 0.1) is 0 Å². The first-order valence-corrected chi connectivity index (χ1v) is 4.06. The fourth-order valence-electron chi connectivity index (χ4n) is 0.974. The summed E-state index contributed by atoms with van der Waals surface area (Å²) in [7, 11) is 2.80. The van der Waals surface area contributed by atoms with E-state index in [0.29, 0.717) is 0 Å². The van der Waals surface area contributed by atoms with E-state index in [0.717, 1.165) is 15.9 Å². The number of hydrogen-bond acceptors (Lipinski definition) is 5. The van der Waals surface area contributed by atoms with E-state index in [2.05, 4.69) is 10.3 Å². The van der Waals surface area contributed by atoms with Crippen LogP contribution in [0.4, 0.5) is 10.6 Å². The standard InChI is InChI=1S/C7H12N6O2/c1-10-6(14)4-5(8)13(3-11-4)7(15)12(2)9/h3H,8-9H2,1-2H3,(H,10,14). The first-order valence-electron chi connectivity index (χ1n) is 4.06. The van der Waals surface area contributed by atoms with Gasteiger partial charge < -0.3 is 11.1 Å². The molecule has 1 aromatic rings. The van der Waals surface area contributed by atoms with Gasteiger partial charge in [0.25, 0.3) is 5.91 Å². The molecule has 0 aliphatic rings. The van der Waals surface area contributed by atoms with Crippen LogP contribution in [-0.2, 0) is 0 Å². The molecule has 2 amide bonds. The van der Waals surface area contributed by atoms with Crippen LogP contribution in [0.15, 0.2) is 6.33 Å². The normalized spacial score (nSPS) is 9.80. The monoisotopic (exact) mass is 212 g/mol. The minimum Gasteiger partial charge on any atom is -0.383 e. The Balaban J connectivity index is 3.09. The van der Waals surface area contributed by atoms with E-state index in [1.165, 1.54) is 14.1 Å². The van der Waals surface area contributed by atoms with Gasteiger partial charge in [-0.1, -0.05) is 0 Å². The first kappa shape index (κ1) is 11.0. The van der Waals surface area contributed by atoms with Gasteiger partial charge in [0.1, 0.15) is 12.1 Å². The van der Waals surface area contributed by atoms with Crippen molar-refractivity contribution >= 4 is 17.8 Å². The summed E-state index contributed by atoms with van der Waals surface area (Å²) in [6, 6.07) is -0.574. The lowest BCUT2D eigenvalue weighted by Crippen LogP contribution is -2.37. The number of hydrazine groups is 1. The van der Waals surface area contributed by atoms with Crippen molar-refractivity contribution in [3.63, 3.8) is 0 Å². The molecule has 82 valence electrons. The Labute approximate surface area is 85.8 Å². The number of carbonyl (C=O) groups is 2. The van der Waals surface area contributed by atoms with Gasteiger partial charge in [-0.05, 0) is 0 Å². The molecule has 0 radical (unpaired) electrons. The molecule has 1 aromatic heterocycles. The van der Waals surface area contributed by atoms with Gasteiger partial charge in [-0.15, -0.1) is 0 Å². The summed E-state index contributed by atoms with van der Waals surface area (Å²) in [5, 5.41) is 3.19. The van der Waals surface area contributed by atoms with Crippen molar-refractivity contribution in [1.82, 2.24) is 19.9 Å². The van der Waals surface area contributed by atoms with E-state index >= 15 is 0 Å². The molecule has 0 saturated carbocycles. The van der Waals surface area contributed by atoms with Gasteiger partial charge in [-0.25, -0.2) is 20.2 Å². The van der Waals surface area contributed by atoms with Gasteiger partial charge >= 0.3 is 6.03 Å². The smallest absolute Gasteiger partial charge is 0.344 e. The van der Waals surface area contributed by atoms with Crippen molar-refractivity contribution in [2.24, 2.45) is 5.84 Å². The highest BCUT2D eigenvalue weighted by Crippen LogP contribution is 2.09. The Morgan fingerprint density at radius 2 is 2.20 bits per heavy atom. The van der Waals surface area contributed by atoms with Crippen LogP contribution in [0.1, 0.15) is 10.5 Å². The third-order valence-corrected chi connectivity index (χ3v) is 1.75. The number of aromatic nitrogens is 2. The number of imidazole rings is 1. The van der Waals surface area contributed by atoms with E-state index in [-0.39, 0.29) is 11.5 Å². The second-order valence-electron chi connectivity index (χ2n) is 2.82. The molecule has 0 aliphatic carbocycles. The van der Waals surface area contributed by atoms with Crippen LogP contribution in [0.5, 0.6) is 0 Å². The maximum absolute atomic E-state index is 11.4. The summed E-state index contributed by atoms with van der Waals surface area (Å²) in [5.41, 5.74) is 5.55. The highest BCUT2D eigenvalue weighted by molar-refractivity contribution is 5.98. The summed E-state index contributed by atoms with van der Waals surface area (Å²) >= 11 is 0. The number of nitrogens with two attached hydrogens (primary N) is 2. The van der Waals surface area contributed by atoms with E-state index < -0.39 is 11.9 Å². The lowest BCUT2D eigenvalue weighted by atomic mass is 10.4. The van der Waals surface area contributed by atoms with E-state index in [1.807, 2.05) is 0 Å². The Hall–Kier alpha value is -2.09. The van der Waals surface area contributed by atoms with Crippen molar-refractivity contribution in [1.29, 1.82) is 0 Å². The highest BCUT2D eigenvalue weighted by Gasteiger charge is 2.19. The van der Waals surface area contributed by atoms with E-state index in [9.17, 15) is 9.59 Å². The van der Waals surface area contributed by atoms with Crippen molar-refractivity contribution in [3.05, 3.63) is 12.0 Å². The topological polar surface area (TPSA) is 119 Å². The minimum absolute atomic E-state index is 0.00676. The third kappa shape index (κ3) is 1.89. The van der Waals surface area contributed by atoms with Gasteiger partial charge in [-0.3, -0.25) is 9.80 Å². The molecular formula is C7H12N6O2. The molecule has 0 aliphatic heterocycles. The summed E-state index contributed by atoms with van der Waals surface area (Å²) in [6.45, 7) is 0. The molecule has 0 saturated heterocycles. The number of nitrogen functional groups attached to an aromatic ring is 1. The fraction of sp³-hybridized carbons (Fsp3) is 0.286. The summed E-state index contributed by atoms with van der Waals surface area (Å²) < 4.78 is 0.991. The van der Waals surface area contributed by atoms with Crippen LogP contribution in [0.3, 0.4) is 0 Å². The lowest BCUT2D eigenvalue weighted by Gasteiger charge is -2.10. The number of hydrogen-bond donors (Lipinski definition) is 3. The lowest BCUT2D eigenvalue weighted by molar-refractivity contribution is 0.0959. The predicted octanol–water partition coefficient (Wildman–Crippen LogP) is -1.40. The molecule has 8 nitrogen and oxygen atoms in total. The van der Waals surface area contributed by atoms with E-state index in [1.54, 1.807) is 0 Å². The Kier molecular flexibility index (Phi) is 2.90. The molecule has 0 atom stereocenters. The summed E-state index contributed by atoms with van der Waals surface area (Å²) in [5.74, 6) is 4.73. The molecule has 1 rings (SSSR count). The zero-order chi connectivity index (χ0) is 11.6. The van der Waals surface area contributed by atoms with Crippen LogP contribution >= 0.6 is 0 Å². The van der Waals surface area contributed by atoms with Gasteiger partial charge in [0, 0.05) is 14.1 Å². The molecule has 0 aromatic carbocycles. The Morgan fingerprint density at radius 1 is 1.60 bits per heavy atom. The second-order valence-corrected chi connectivity index (χ2v) is 2.82. The number of rotatable bonds is 1. The average Bonchev–Trinajstić information content (AvgIpc) is 2.57. The molecule has 1 heterocycles. The van der Waals surface area contributed by atoms with E-state index in [4.69, 9.17) is 11.6 Å². The van der Waals surface area contributed by atoms with Gasteiger partial charge in [0.15, 0.2) is 5.69 Å². The molecule has 0 spiro atoms. The Morgan fingerprint density at radius 3 is 2.67 bits per heavy atom. The van der Waals surface area contributed by atoms with Crippen LogP contribution < -0.4 is 16.9 Å². The van der Waals surface area contributed by atoms with Crippen molar-refractivity contribution < 1.29 is 9.59 Å². The number of anilines is 1. The van der Waals surface area contributed by atoms with Crippen LogP contribution in [-0.4, -0.2) is 40.6 Å². The van der Waals surface area contributed by atoms with Crippen molar-refractivity contribution in [3.8, 4) is 0 Å². The number of amides is 2. The third-order valence-electron chi connectivity index (χ3n) is 1.75. The number of carbonyl (C=O) groups excluding carboxylic acids is 2. The van der Waals surface area contributed by atoms with Crippen molar-refractivity contribution in [2.75, 3.05) is 19.8 Å². The fourth-order valence-corrected chi connectivity index (χ4v) is 0.974.